The predicted octanol–water partition coefficient (Wildman–Crippen LogP) is 2.66. The molecule has 84 valence electrons. The third-order valence-corrected chi connectivity index (χ3v) is 3.21. The van der Waals surface area contributed by atoms with E-state index < -0.39 is 0 Å². The first-order valence-corrected chi connectivity index (χ1v) is 6.07. The van der Waals surface area contributed by atoms with Crippen molar-refractivity contribution in [1.29, 1.82) is 0 Å². The molecule has 0 unspecified atom stereocenters. The maximum atomic E-state index is 11.6. The van der Waals surface area contributed by atoms with Crippen LogP contribution in [0.3, 0.4) is 0 Å². The fourth-order valence-electron chi connectivity index (χ4n) is 1.90. The van der Waals surface area contributed by atoms with Gasteiger partial charge in [0.05, 0.1) is 5.69 Å². The van der Waals surface area contributed by atoms with E-state index in [4.69, 9.17) is 0 Å². The van der Waals surface area contributed by atoms with Crippen LogP contribution in [0.2, 0.25) is 0 Å². The molecule has 0 saturated carbocycles. The number of hydrogen-bond donors (Lipinski definition) is 0. The summed E-state index contributed by atoms with van der Waals surface area (Å²) < 4.78 is 0.965. The summed E-state index contributed by atoms with van der Waals surface area (Å²) in [7, 11) is 0. The van der Waals surface area contributed by atoms with Crippen molar-refractivity contribution in [3.05, 3.63) is 28.2 Å². The summed E-state index contributed by atoms with van der Waals surface area (Å²) in [6.45, 7) is 2.01. The summed E-state index contributed by atoms with van der Waals surface area (Å²) in [5, 5.41) is 0. The van der Waals surface area contributed by atoms with Gasteiger partial charge in [-0.3, -0.25) is 14.5 Å². The van der Waals surface area contributed by atoms with Crippen LogP contribution in [0.1, 0.15) is 25.3 Å². The number of anilines is 1. The van der Waals surface area contributed by atoms with Crippen LogP contribution in [0.25, 0.3) is 0 Å². The quantitative estimate of drug-likeness (QED) is 0.782. The van der Waals surface area contributed by atoms with Crippen molar-refractivity contribution < 1.29 is 9.59 Å². The maximum absolute atomic E-state index is 11.6. The smallest absolute Gasteiger partial charge is 0.234 e. The number of carbonyl (C=O) groups is 2. The number of halogens is 1. The zero-order chi connectivity index (χ0) is 11.7. The average Bonchev–Trinajstić information content (AvgIpc) is 2.59. The van der Waals surface area contributed by atoms with Crippen LogP contribution in [-0.2, 0) is 16.0 Å². The van der Waals surface area contributed by atoms with Gasteiger partial charge < -0.3 is 0 Å². The minimum absolute atomic E-state index is 0.0953. The van der Waals surface area contributed by atoms with Crippen LogP contribution < -0.4 is 4.90 Å². The summed E-state index contributed by atoms with van der Waals surface area (Å²) >= 11 is 3.39. The van der Waals surface area contributed by atoms with Gasteiger partial charge in [0.2, 0.25) is 11.8 Å². The zero-order valence-electron chi connectivity index (χ0n) is 9.00. The van der Waals surface area contributed by atoms with Gasteiger partial charge in [-0.25, -0.2) is 0 Å². The third-order valence-electron chi connectivity index (χ3n) is 2.71. The second-order valence-corrected chi connectivity index (χ2v) is 4.67. The molecule has 1 aliphatic heterocycles. The summed E-state index contributed by atoms with van der Waals surface area (Å²) in [5.74, 6) is -0.191. The lowest BCUT2D eigenvalue weighted by Crippen LogP contribution is -2.29. The molecular weight excluding hydrogens is 270 g/mol. The second kappa shape index (κ2) is 4.37. The van der Waals surface area contributed by atoms with Crippen LogP contribution in [0.15, 0.2) is 22.7 Å². The molecule has 1 aromatic rings. The van der Waals surface area contributed by atoms with Gasteiger partial charge in [0, 0.05) is 17.3 Å². The van der Waals surface area contributed by atoms with Crippen molar-refractivity contribution in [1.82, 2.24) is 0 Å². The van der Waals surface area contributed by atoms with Crippen LogP contribution in [0.5, 0.6) is 0 Å². The lowest BCUT2D eigenvalue weighted by atomic mass is 10.1. The molecule has 0 bridgehead atoms. The van der Waals surface area contributed by atoms with E-state index in [1.165, 1.54) is 4.90 Å². The highest BCUT2D eigenvalue weighted by Gasteiger charge is 2.31. The lowest BCUT2D eigenvalue weighted by Gasteiger charge is -2.17. The second-order valence-electron chi connectivity index (χ2n) is 3.75. The largest absolute Gasteiger partial charge is 0.274 e. The highest BCUT2D eigenvalue weighted by molar-refractivity contribution is 9.10. The highest BCUT2D eigenvalue weighted by Crippen LogP contribution is 2.29. The molecule has 4 heteroatoms. The Morgan fingerprint density at radius 1 is 1.25 bits per heavy atom. The van der Waals surface area contributed by atoms with Crippen molar-refractivity contribution >= 4 is 33.4 Å². The summed E-state index contributed by atoms with van der Waals surface area (Å²) in [4.78, 5) is 24.6. The van der Waals surface area contributed by atoms with E-state index in [1.807, 2.05) is 25.1 Å². The van der Waals surface area contributed by atoms with Crippen molar-refractivity contribution in [3.63, 3.8) is 0 Å². The first-order chi connectivity index (χ1) is 7.63. The Labute approximate surface area is 103 Å². The molecule has 1 aromatic carbocycles. The Morgan fingerprint density at radius 2 is 1.88 bits per heavy atom. The van der Waals surface area contributed by atoms with E-state index in [0.29, 0.717) is 12.8 Å². The molecule has 1 aliphatic rings. The molecule has 2 amide bonds. The molecule has 0 spiro atoms. The highest BCUT2D eigenvalue weighted by atomic mass is 79.9. The number of aryl methyl sites for hydroxylation is 1. The number of imide groups is 1. The van der Waals surface area contributed by atoms with Crippen LogP contribution >= 0.6 is 15.9 Å². The van der Waals surface area contributed by atoms with Gasteiger partial charge in [-0.1, -0.05) is 22.9 Å². The Morgan fingerprint density at radius 3 is 2.44 bits per heavy atom. The van der Waals surface area contributed by atoms with Crippen molar-refractivity contribution in [2.45, 2.75) is 26.2 Å². The van der Waals surface area contributed by atoms with Gasteiger partial charge in [-0.15, -0.1) is 0 Å². The fourth-order valence-corrected chi connectivity index (χ4v) is 2.31. The number of amides is 2. The first-order valence-electron chi connectivity index (χ1n) is 5.27. The number of benzene rings is 1. The molecule has 0 radical (unpaired) electrons. The molecular formula is C12H12BrNO2. The lowest BCUT2D eigenvalue weighted by molar-refractivity contribution is -0.121. The van der Waals surface area contributed by atoms with Crippen LogP contribution in [0.4, 0.5) is 5.69 Å². The molecule has 1 saturated heterocycles. The van der Waals surface area contributed by atoms with E-state index in [9.17, 15) is 9.59 Å². The van der Waals surface area contributed by atoms with E-state index >= 15 is 0 Å². The third kappa shape index (κ3) is 1.89. The van der Waals surface area contributed by atoms with Gasteiger partial charge in [0.25, 0.3) is 0 Å². The van der Waals surface area contributed by atoms with Crippen molar-refractivity contribution in [3.8, 4) is 0 Å². The fraction of sp³-hybridized carbons (Fsp3) is 0.333. The molecule has 0 N–H and O–H groups in total. The number of rotatable bonds is 2. The monoisotopic (exact) mass is 281 g/mol. The Kier molecular flexibility index (Phi) is 3.10. The number of carbonyl (C=O) groups excluding carboxylic acids is 2. The Bertz CT molecular complexity index is 440. The van der Waals surface area contributed by atoms with E-state index in [0.717, 1.165) is 22.1 Å². The number of hydrogen-bond acceptors (Lipinski definition) is 2. The topological polar surface area (TPSA) is 37.4 Å². The van der Waals surface area contributed by atoms with Gasteiger partial charge in [-0.05, 0) is 30.2 Å². The zero-order valence-corrected chi connectivity index (χ0v) is 10.6. The van der Waals surface area contributed by atoms with Gasteiger partial charge in [0.15, 0.2) is 0 Å². The average molecular weight is 282 g/mol. The molecule has 1 fully saturated rings. The summed E-state index contributed by atoms with van der Waals surface area (Å²) in [6, 6.07) is 5.63. The molecule has 3 nitrogen and oxygen atoms in total. The predicted molar refractivity (Wildman–Crippen MR) is 65.2 cm³/mol. The molecule has 0 atom stereocenters. The first kappa shape index (κ1) is 11.3. The van der Waals surface area contributed by atoms with Crippen molar-refractivity contribution in [2.24, 2.45) is 0 Å². The molecule has 2 rings (SSSR count). The SMILES string of the molecule is CCc1cc(Br)ccc1N1C(=O)CCC1=O. The minimum Gasteiger partial charge on any atom is -0.274 e. The Hall–Kier alpha value is -1.16. The van der Waals surface area contributed by atoms with E-state index in [1.54, 1.807) is 0 Å². The normalized spacial score (nSPS) is 16.0. The maximum Gasteiger partial charge on any atom is 0.234 e. The van der Waals surface area contributed by atoms with Crippen LogP contribution in [-0.4, -0.2) is 11.8 Å². The van der Waals surface area contributed by atoms with Gasteiger partial charge >= 0.3 is 0 Å². The molecule has 1 heterocycles. The minimum atomic E-state index is -0.0953. The van der Waals surface area contributed by atoms with Gasteiger partial charge in [0.1, 0.15) is 0 Å². The molecule has 0 aromatic heterocycles. The van der Waals surface area contributed by atoms with Crippen molar-refractivity contribution in [2.75, 3.05) is 4.90 Å². The van der Waals surface area contributed by atoms with E-state index in [-0.39, 0.29) is 11.8 Å². The molecule has 16 heavy (non-hydrogen) atoms. The van der Waals surface area contributed by atoms with Gasteiger partial charge in [-0.2, -0.15) is 0 Å². The van der Waals surface area contributed by atoms with E-state index in [2.05, 4.69) is 15.9 Å². The summed E-state index contributed by atoms with van der Waals surface area (Å²) in [6.07, 6.45) is 1.46. The molecule has 0 aliphatic carbocycles. The standard InChI is InChI=1S/C12H12BrNO2/c1-2-8-7-9(13)3-4-10(8)14-11(15)5-6-12(14)16/h3-4,7H,2,5-6H2,1H3. The number of nitrogens with zero attached hydrogens (tertiary/aromatic N) is 1. The van der Waals surface area contributed by atoms with Crippen LogP contribution in [0, 0.1) is 0 Å². The Balaban J connectivity index is 2.47. The summed E-state index contributed by atoms with van der Waals surface area (Å²) in [5.41, 5.74) is 1.75.